The Morgan fingerprint density at radius 2 is 2.12 bits per heavy atom. The van der Waals surface area contributed by atoms with Crippen molar-refractivity contribution >= 4 is 0 Å². The highest BCUT2D eigenvalue weighted by Gasteiger charge is 2.03. The van der Waals surface area contributed by atoms with Crippen molar-refractivity contribution in [3.8, 4) is 11.4 Å². The van der Waals surface area contributed by atoms with Gasteiger partial charge in [-0.1, -0.05) is 36.4 Å². The number of benzene rings is 1. The molecule has 0 atom stereocenters. The first-order chi connectivity index (χ1) is 7.90. The molecule has 4 heteroatoms. The number of H-pyrrole nitrogens is 1. The van der Waals surface area contributed by atoms with Crippen LogP contribution in [0.1, 0.15) is 5.82 Å². The van der Waals surface area contributed by atoms with Gasteiger partial charge in [0.1, 0.15) is 5.82 Å². The molecule has 0 saturated heterocycles. The van der Waals surface area contributed by atoms with Gasteiger partial charge in [-0.3, -0.25) is 5.10 Å². The van der Waals surface area contributed by atoms with Crippen LogP contribution in [0.15, 0.2) is 43.0 Å². The van der Waals surface area contributed by atoms with Crippen LogP contribution < -0.4 is 5.32 Å². The zero-order chi connectivity index (χ0) is 11.2. The summed E-state index contributed by atoms with van der Waals surface area (Å²) in [6, 6.07) is 9.90. The SMILES string of the molecule is C=CCNCc1nc(-c2ccccc2)n[nH]1. The van der Waals surface area contributed by atoms with Crippen LogP contribution in [0.4, 0.5) is 0 Å². The molecular weight excluding hydrogens is 200 g/mol. The molecule has 1 aromatic heterocycles. The Balaban J connectivity index is 2.05. The predicted molar refractivity (Wildman–Crippen MR) is 63.7 cm³/mol. The second-order valence-electron chi connectivity index (χ2n) is 3.39. The van der Waals surface area contributed by atoms with Gasteiger partial charge in [-0.05, 0) is 0 Å². The second-order valence-corrected chi connectivity index (χ2v) is 3.39. The molecule has 0 radical (unpaired) electrons. The van der Waals surface area contributed by atoms with Gasteiger partial charge in [0.05, 0.1) is 6.54 Å². The molecule has 0 aliphatic heterocycles. The molecule has 0 saturated carbocycles. The molecule has 0 unspecified atom stereocenters. The van der Waals surface area contributed by atoms with Crippen molar-refractivity contribution in [1.29, 1.82) is 0 Å². The molecule has 1 heterocycles. The van der Waals surface area contributed by atoms with E-state index in [-0.39, 0.29) is 0 Å². The Morgan fingerprint density at radius 3 is 2.88 bits per heavy atom. The number of nitrogens with zero attached hydrogens (tertiary/aromatic N) is 2. The zero-order valence-electron chi connectivity index (χ0n) is 8.98. The lowest BCUT2D eigenvalue weighted by molar-refractivity contribution is 0.720. The summed E-state index contributed by atoms with van der Waals surface area (Å²) < 4.78 is 0. The molecule has 2 aromatic rings. The van der Waals surface area contributed by atoms with Gasteiger partial charge in [-0.15, -0.1) is 6.58 Å². The summed E-state index contributed by atoms with van der Waals surface area (Å²) in [5.74, 6) is 1.57. The number of aromatic amines is 1. The van der Waals surface area contributed by atoms with Gasteiger partial charge in [-0.25, -0.2) is 4.98 Å². The van der Waals surface area contributed by atoms with Crippen molar-refractivity contribution in [3.63, 3.8) is 0 Å². The molecule has 4 nitrogen and oxygen atoms in total. The summed E-state index contributed by atoms with van der Waals surface area (Å²) in [5, 5.41) is 10.2. The minimum atomic E-state index is 0.672. The Bertz CT molecular complexity index is 447. The van der Waals surface area contributed by atoms with E-state index in [1.165, 1.54) is 0 Å². The smallest absolute Gasteiger partial charge is 0.181 e. The van der Waals surface area contributed by atoms with E-state index in [0.717, 1.165) is 23.8 Å². The van der Waals surface area contributed by atoms with Crippen molar-refractivity contribution in [2.75, 3.05) is 6.54 Å². The summed E-state index contributed by atoms with van der Waals surface area (Å²) in [5.41, 5.74) is 1.02. The van der Waals surface area contributed by atoms with Crippen molar-refractivity contribution in [1.82, 2.24) is 20.5 Å². The van der Waals surface area contributed by atoms with Gasteiger partial charge in [-0.2, -0.15) is 5.10 Å². The standard InChI is InChI=1S/C12H14N4/c1-2-8-13-9-11-14-12(16-15-11)10-6-4-3-5-7-10/h2-7,13H,1,8-9H2,(H,14,15,16). The minimum Gasteiger partial charge on any atom is -0.306 e. The van der Waals surface area contributed by atoms with E-state index in [4.69, 9.17) is 0 Å². The lowest BCUT2D eigenvalue weighted by Crippen LogP contribution is -2.13. The third-order valence-electron chi connectivity index (χ3n) is 2.14. The maximum absolute atomic E-state index is 4.39. The highest BCUT2D eigenvalue weighted by atomic mass is 15.2. The van der Waals surface area contributed by atoms with Crippen LogP contribution in [0.25, 0.3) is 11.4 Å². The molecular formula is C12H14N4. The topological polar surface area (TPSA) is 53.6 Å². The molecule has 2 N–H and O–H groups in total. The van der Waals surface area contributed by atoms with Crippen LogP contribution in [-0.2, 0) is 6.54 Å². The van der Waals surface area contributed by atoms with E-state index < -0.39 is 0 Å². The maximum Gasteiger partial charge on any atom is 0.181 e. The summed E-state index contributed by atoms with van der Waals surface area (Å²) >= 11 is 0. The van der Waals surface area contributed by atoms with E-state index >= 15 is 0 Å². The van der Waals surface area contributed by atoms with E-state index in [1.807, 2.05) is 36.4 Å². The number of hydrogen-bond acceptors (Lipinski definition) is 3. The molecule has 16 heavy (non-hydrogen) atoms. The maximum atomic E-state index is 4.39. The average molecular weight is 214 g/mol. The number of nitrogens with one attached hydrogen (secondary N) is 2. The predicted octanol–water partition coefficient (Wildman–Crippen LogP) is 1.75. The van der Waals surface area contributed by atoms with E-state index in [0.29, 0.717) is 6.54 Å². The summed E-state index contributed by atoms with van der Waals surface area (Å²) in [6.07, 6.45) is 1.81. The van der Waals surface area contributed by atoms with Gasteiger partial charge >= 0.3 is 0 Å². The molecule has 0 amide bonds. The van der Waals surface area contributed by atoms with Crippen LogP contribution >= 0.6 is 0 Å². The highest BCUT2D eigenvalue weighted by molar-refractivity contribution is 5.53. The first-order valence-corrected chi connectivity index (χ1v) is 5.18. The van der Waals surface area contributed by atoms with Crippen LogP contribution in [0.5, 0.6) is 0 Å². The Hall–Kier alpha value is -1.94. The largest absolute Gasteiger partial charge is 0.306 e. The lowest BCUT2D eigenvalue weighted by atomic mass is 10.2. The van der Waals surface area contributed by atoms with E-state index in [2.05, 4.69) is 27.1 Å². The molecule has 1 aromatic carbocycles. The molecule has 82 valence electrons. The van der Waals surface area contributed by atoms with Gasteiger partial charge < -0.3 is 5.32 Å². The molecule has 0 bridgehead atoms. The zero-order valence-corrected chi connectivity index (χ0v) is 8.98. The Labute approximate surface area is 94.4 Å². The fourth-order valence-electron chi connectivity index (χ4n) is 1.38. The monoisotopic (exact) mass is 214 g/mol. The van der Waals surface area contributed by atoms with Gasteiger partial charge in [0, 0.05) is 12.1 Å². The molecule has 0 spiro atoms. The van der Waals surface area contributed by atoms with Crippen LogP contribution in [0.2, 0.25) is 0 Å². The third kappa shape index (κ3) is 2.55. The molecule has 0 aliphatic rings. The Morgan fingerprint density at radius 1 is 1.31 bits per heavy atom. The Kier molecular flexibility index (Phi) is 3.46. The van der Waals surface area contributed by atoms with Crippen molar-refractivity contribution < 1.29 is 0 Å². The van der Waals surface area contributed by atoms with E-state index in [1.54, 1.807) is 0 Å². The molecule has 0 aliphatic carbocycles. The van der Waals surface area contributed by atoms with Crippen molar-refractivity contribution in [2.24, 2.45) is 0 Å². The lowest BCUT2D eigenvalue weighted by Gasteiger charge is -1.95. The van der Waals surface area contributed by atoms with Crippen LogP contribution in [0.3, 0.4) is 0 Å². The summed E-state index contributed by atoms with van der Waals surface area (Å²) in [6.45, 7) is 5.07. The number of aromatic nitrogens is 3. The van der Waals surface area contributed by atoms with Gasteiger partial charge in [0.2, 0.25) is 0 Å². The summed E-state index contributed by atoms with van der Waals surface area (Å²) in [4.78, 5) is 4.39. The van der Waals surface area contributed by atoms with Crippen LogP contribution in [0, 0.1) is 0 Å². The van der Waals surface area contributed by atoms with Crippen molar-refractivity contribution in [2.45, 2.75) is 6.54 Å². The average Bonchev–Trinajstić information content (AvgIpc) is 2.79. The van der Waals surface area contributed by atoms with Gasteiger partial charge in [0.15, 0.2) is 5.82 Å². The second kappa shape index (κ2) is 5.23. The number of hydrogen-bond donors (Lipinski definition) is 2. The van der Waals surface area contributed by atoms with Gasteiger partial charge in [0.25, 0.3) is 0 Å². The summed E-state index contributed by atoms with van der Waals surface area (Å²) in [7, 11) is 0. The molecule has 0 fully saturated rings. The number of rotatable bonds is 5. The van der Waals surface area contributed by atoms with Crippen LogP contribution in [-0.4, -0.2) is 21.7 Å². The first-order valence-electron chi connectivity index (χ1n) is 5.18. The fourth-order valence-corrected chi connectivity index (χ4v) is 1.38. The normalized spacial score (nSPS) is 10.2. The fraction of sp³-hybridized carbons (Fsp3) is 0.167. The third-order valence-corrected chi connectivity index (χ3v) is 2.14. The first kappa shape index (κ1) is 10.6. The molecule has 2 rings (SSSR count). The highest BCUT2D eigenvalue weighted by Crippen LogP contribution is 2.12. The minimum absolute atomic E-state index is 0.672. The quantitative estimate of drug-likeness (QED) is 0.589. The van der Waals surface area contributed by atoms with E-state index in [9.17, 15) is 0 Å². The van der Waals surface area contributed by atoms with Crippen molar-refractivity contribution in [3.05, 3.63) is 48.8 Å².